The Kier molecular flexibility index (Phi) is 6.21. The summed E-state index contributed by atoms with van der Waals surface area (Å²) >= 11 is 6.32. The maximum absolute atomic E-state index is 13.6. The summed E-state index contributed by atoms with van der Waals surface area (Å²) in [6.45, 7) is 0.285. The van der Waals surface area contributed by atoms with Gasteiger partial charge in [-0.15, -0.1) is 11.3 Å². The molecule has 6 nitrogen and oxygen atoms in total. The first-order valence-corrected chi connectivity index (χ1v) is 12.9. The summed E-state index contributed by atoms with van der Waals surface area (Å²) < 4.78 is 7.95. The first kappa shape index (κ1) is 21.5. The molecule has 0 atom stereocenters. The Morgan fingerprint density at radius 1 is 1.22 bits per heavy atom. The van der Waals surface area contributed by atoms with Crippen molar-refractivity contribution in [1.82, 2.24) is 9.55 Å². The van der Waals surface area contributed by atoms with Crippen molar-refractivity contribution in [2.75, 3.05) is 11.1 Å². The number of thioether (sulfide) groups is 1. The van der Waals surface area contributed by atoms with E-state index < -0.39 is 0 Å². The molecule has 3 aromatic heterocycles. The number of aromatic nitrogens is 2. The highest BCUT2D eigenvalue weighted by Crippen LogP contribution is 2.35. The summed E-state index contributed by atoms with van der Waals surface area (Å²) in [6.07, 6.45) is 5.77. The van der Waals surface area contributed by atoms with Crippen LogP contribution in [-0.4, -0.2) is 21.2 Å². The molecule has 1 aliphatic carbocycles. The van der Waals surface area contributed by atoms with Crippen molar-refractivity contribution in [1.29, 1.82) is 0 Å². The van der Waals surface area contributed by atoms with Gasteiger partial charge >= 0.3 is 0 Å². The number of para-hydroxylation sites is 1. The Balaban J connectivity index is 1.47. The minimum absolute atomic E-state index is 0.0560. The highest BCUT2D eigenvalue weighted by molar-refractivity contribution is 9.10. The zero-order valence-electron chi connectivity index (χ0n) is 17.1. The van der Waals surface area contributed by atoms with Crippen molar-refractivity contribution < 1.29 is 9.21 Å². The quantitative estimate of drug-likeness (QED) is 0.264. The number of fused-ring (bicyclic) bond motifs is 3. The summed E-state index contributed by atoms with van der Waals surface area (Å²) in [7, 11) is 0. The van der Waals surface area contributed by atoms with Crippen LogP contribution in [0.4, 0.5) is 5.69 Å². The van der Waals surface area contributed by atoms with Crippen molar-refractivity contribution in [3.05, 3.63) is 73.7 Å². The number of amides is 1. The van der Waals surface area contributed by atoms with Crippen LogP contribution < -0.4 is 10.9 Å². The van der Waals surface area contributed by atoms with Gasteiger partial charge in [-0.05, 0) is 71.4 Å². The van der Waals surface area contributed by atoms with Gasteiger partial charge in [-0.1, -0.05) is 23.9 Å². The van der Waals surface area contributed by atoms with Crippen LogP contribution in [0.3, 0.4) is 0 Å². The number of benzene rings is 1. The van der Waals surface area contributed by atoms with Gasteiger partial charge in [-0.2, -0.15) is 0 Å². The fraction of sp³-hybridized carbons (Fsp3) is 0.261. The normalized spacial score (nSPS) is 13.3. The van der Waals surface area contributed by atoms with Gasteiger partial charge < -0.3 is 9.73 Å². The number of rotatable bonds is 6. The number of hydrogen-bond donors (Lipinski definition) is 1. The molecule has 1 N–H and O–H groups in total. The fourth-order valence-electron chi connectivity index (χ4n) is 3.91. The molecule has 164 valence electrons. The molecule has 0 bridgehead atoms. The van der Waals surface area contributed by atoms with E-state index in [9.17, 15) is 9.59 Å². The average Bonchev–Trinajstić information content (AvgIpc) is 3.43. The number of thiophene rings is 1. The standard InChI is InChI=1S/C23H20BrN3O3S2/c24-16-8-2-3-9-17(16)25-19(28)13-31-23-26-21-20(15-7-1-4-10-18(15)32-21)22(29)27(23)12-14-6-5-11-30-14/h2-3,5-6,8-9,11H,1,4,7,10,12-13H2,(H,25,28). The molecule has 5 rings (SSSR count). The summed E-state index contributed by atoms with van der Waals surface area (Å²) in [6, 6.07) is 11.1. The van der Waals surface area contributed by atoms with Gasteiger partial charge in [0.25, 0.3) is 5.56 Å². The van der Waals surface area contributed by atoms with Crippen molar-refractivity contribution in [3.63, 3.8) is 0 Å². The Bertz CT molecular complexity index is 1340. The number of halogens is 1. The van der Waals surface area contributed by atoms with Crippen molar-refractivity contribution >= 4 is 60.8 Å². The first-order valence-electron chi connectivity index (χ1n) is 10.3. The van der Waals surface area contributed by atoms with Crippen LogP contribution in [0.2, 0.25) is 0 Å². The molecule has 32 heavy (non-hydrogen) atoms. The number of furan rings is 1. The predicted molar refractivity (Wildman–Crippen MR) is 132 cm³/mol. The summed E-state index contributed by atoms with van der Waals surface area (Å²) in [5.41, 5.74) is 1.81. The number of nitrogens with zero attached hydrogens (tertiary/aromatic N) is 2. The van der Waals surface area contributed by atoms with Crippen LogP contribution in [0, 0.1) is 0 Å². The Morgan fingerprint density at radius 2 is 2.06 bits per heavy atom. The van der Waals surface area contributed by atoms with Gasteiger partial charge in [0.1, 0.15) is 10.6 Å². The zero-order valence-corrected chi connectivity index (χ0v) is 20.3. The van der Waals surface area contributed by atoms with Crippen LogP contribution >= 0.6 is 39.0 Å². The largest absolute Gasteiger partial charge is 0.467 e. The Labute approximate surface area is 201 Å². The molecule has 1 aliphatic rings. The van der Waals surface area contributed by atoms with E-state index >= 15 is 0 Å². The van der Waals surface area contributed by atoms with E-state index in [0.717, 1.165) is 45.9 Å². The van der Waals surface area contributed by atoms with E-state index in [1.54, 1.807) is 28.2 Å². The molecule has 4 aromatic rings. The minimum atomic E-state index is -0.161. The monoisotopic (exact) mass is 529 g/mol. The lowest BCUT2D eigenvalue weighted by atomic mass is 9.97. The van der Waals surface area contributed by atoms with Gasteiger partial charge in [-0.25, -0.2) is 4.98 Å². The highest BCUT2D eigenvalue weighted by atomic mass is 79.9. The number of hydrogen-bond acceptors (Lipinski definition) is 6. The zero-order chi connectivity index (χ0) is 22.1. The smallest absolute Gasteiger partial charge is 0.263 e. The highest BCUT2D eigenvalue weighted by Gasteiger charge is 2.23. The van der Waals surface area contributed by atoms with E-state index in [1.165, 1.54) is 16.6 Å². The maximum Gasteiger partial charge on any atom is 0.263 e. The van der Waals surface area contributed by atoms with E-state index in [-0.39, 0.29) is 23.8 Å². The van der Waals surface area contributed by atoms with Crippen LogP contribution in [0.15, 0.2) is 61.5 Å². The second kappa shape index (κ2) is 9.25. The van der Waals surface area contributed by atoms with Crippen LogP contribution in [-0.2, 0) is 24.2 Å². The van der Waals surface area contributed by atoms with Gasteiger partial charge in [0, 0.05) is 9.35 Å². The second-order valence-corrected chi connectivity index (χ2v) is 10.5. The molecular formula is C23H20BrN3O3S2. The third-order valence-electron chi connectivity index (χ3n) is 5.41. The lowest BCUT2D eigenvalue weighted by Gasteiger charge is -2.13. The molecule has 1 aromatic carbocycles. The molecule has 0 spiro atoms. The fourth-order valence-corrected chi connectivity index (χ4v) is 6.39. The third-order valence-corrected chi connectivity index (χ3v) is 8.27. The van der Waals surface area contributed by atoms with Gasteiger partial charge in [0.05, 0.1) is 29.6 Å². The molecular weight excluding hydrogens is 510 g/mol. The van der Waals surface area contributed by atoms with Crippen molar-refractivity contribution in [2.45, 2.75) is 37.4 Å². The lowest BCUT2D eigenvalue weighted by Crippen LogP contribution is -2.25. The molecule has 0 saturated heterocycles. The molecule has 0 fully saturated rings. The Hall–Kier alpha value is -2.36. The van der Waals surface area contributed by atoms with Crippen LogP contribution in [0.25, 0.3) is 10.2 Å². The maximum atomic E-state index is 13.6. The number of carbonyl (C=O) groups excluding carboxylic acids is 1. The number of nitrogens with one attached hydrogen (secondary N) is 1. The molecule has 0 unspecified atom stereocenters. The summed E-state index contributed by atoms with van der Waals surface area (Å²) in [5, 5.41) is 4.16. The topological polar surface area (TPSA) is 77.1 Å². The van der Waals surface area contributed by atoms with E-state index in [2.05, 4.69) is 21.2 Å². The van der Waals surface area contributed by atoms with Crippen LogP contribution in [0.1, 0.15) is 29.0 Å². The third kappa shape index (κ3) is 4.29. The average molecular weight is 530 g/mol. The second-order valence-electron chi connectivity index (χ2n) is 7.57. The first-order chi connectivity index (χ1) is 15.6. The SMILES string of the molecule is O=C(CSc1nc2sc3c(c2c(=O)n1Cc1ccco1)CCCC3)Nc1ccccc1Br. The van der Waals surface area contributed by atoms with Crippen molar-refractivity contribution in [3.8, 4) is 0 Å². The predicted octanol–water partition coefficient (Wildman–Crippen LogP) is 5.47. The van der Waals surface area contributed by atoms with Gasteiger partial charge in [0.15, 0.2) is 5.16 Å². The molecule has 0 aliphatic heterocycles. The Morgan fingerprint density at radius 3 is 2.88 bits per heavy atom. The van der Waals surface area contributed by atoms with Gasteiger partial charge in [-0.3, -0.25) is 14.2 Å². The molecule has 3 heterocycles. The van der Waals surface area contributed by atoms with E-state index in [1.807, 2.05) is 30.3 Å². The van der Waals surface area contributed by atoms with E-state index in [0.29, 0.717) is 16.6 Å². The number of anilines is 1. The lowest BCUT2D eigenvalue weighted by molar-refractivity contribution is -0.113. The summed E-state index contributed by atoms with van der Waals surface area (Å²) in [5.74, 6) is 0.658. The minimum Gasteiger partial charge on any atom is -0.467 e. The number of carbonyl (C=O) groups is 1. The summed E-state index contributed by atoms with van der Waals surface area (Å²) in [4.78, 5) is 33.0. The van der Waals surface area contributed by atoms with Crippen molar-refractivity contribution in [2.24, 2.45) is 0 Å². The van der Waals surface area contributed by atoms with Crippen LogP contribution in [0.5, 0.6) is 0 Å². The van der Waals surface area contributed by atoms with E-state index in [4.69, 9.17) is 9.40 Å². The molecule has 0 radical (unpaired) electrons. The molecule has 1 amide bonds. The number of aryl methyl sites for hydroxylation is 2. The van der Waals surface area contributed by atoms with Gasteiger partial charge in [0.2, 0.25) is 5.91 Å². The molecule has 0 saturated carbocycles. The molecule has 9 heteroatoms.